The molecule has 8 rings (SSSR count). The van der Waals surface area contributed by atoms with E-state index in [9.17, 15) is 29.4 Å². The van der Waals surface area contributed by atoms with E-state index in [1.165, 1.54) is 16.0 Å². The monoisotopic (exact) mass is 690 g/mol. The van der Waals surface area contributed by atoms with E-state index < -0.39 is 34.9 Å². The number of hydrogen-bond donors (Lipinski definition) is 4. The number of aliphatic carboxylic acids is 1. The van der Waals surface area contributed by atoms with Crippen molar-refractivity contribution in [2.75, 3.05) is 13.1 Å². The summed E-state index contributed by atoms with van der Waals surface area (Å²) >= 11 is 0. The molecule has 2 fully saturated rings. The number of amides is 3. The molecule has 4 heterocycles. The molecule has 2 saturated heterocycles. The van der Waals surface area contributed by atoms with Crippen molar-refractivity contribution in [3.05, 3.63) is 143 Å². The number of rotatable bonds is 6. The molecular formula is C40H42N4O7. The number of carboxylic acid groups (broad SMARTS) is 1. The zero-order chi connectivity index (χ0) is 36.0. The highest BCUT2D eigenvalue weighted by Gasteiger charge is 2.53. The number of nitrogens with one attached hydrogen (secondary N) is 1. The quantitative estimate of drug-likeness (QED) is 0.226. The summed E-state index contributed by atoms with van der Waals surface area (Å²) in [5.74, 6) is -3.17. The van der Waals surface area contributed by atoms with Gasteiger partial charge in [0.05, 0.1) is 0 Å². The number of likely N-dealkylation sites (tertiary alicyclic amines) is 2. The SMILES string of the molecule is O=C(O)C1(O)CCN(Cc2ccccc2)C1=O.O=C1N(Cc2ccccc2)CCC1(O)C(=O)N1Cc2ccccc2C1.c1ccc2c(c1)CNC2. The second-order valence-electron chi connectivity index (χ2n) is 13.3. The van der Waals surface area contributed by atoms with Crippen LogP contribution in [0.25, 0.3) is 0 Å². The average Bonchev–Trinajstić information content (AvgIpc) is 3.94. The van der Waals surface area contributed by atoms with Gasteiger partial charge in [-0.2, -0.15) is 0 Å². The first kappa shape index (κ1) is 35.5. The number of carbonyl (C=O) groups is 4. The van der Waals surface area contributed by atoms with Gasteiger partial charge in [0.15, 0.2) is 0 Å². The maximum atomic E-state index is 12.9. The molecule has 0 spiro atoms. The Morgan fingerprint density at radius 2 is 0.980 bits per heavy atom. The van der Waals surface area contributed by atoms with Gasteiger partial charge in [-0.15, -0.1) is 0 Å². The van der Waals surface area contributed by atoms with E-state index in [2.05, 4.69) is 29.6 Å². The average molecular weight is 691 g/mol. The minimum absolute atomic E-state index is 0.0615. The van der Waals surface area contributed by atoms with Crippen molar-refractivity contribution in [1.82, 2.24) is 20.0 Å². The van der Waals surface area contributed by atoms with Crippen molar-refractivity contribution < 1.29 is 34.5 Å². The first-order chi connectivity index (χ1) is 24.6. The highest BCUT2D eigenvalue weighted by molar-refractivity contribution is 6.09. The number of benzene rings is 4. The van der Waals surface area contributed by atoms with E-state index in [1.54, 1.807) is 9.80 Å². The summed E-state index contributed by atoms with van der Waals surface area (Å²) in [6, 6.07) is 35.2. The van der Waals surface area contributed by atoms with Crippen LogP contribution in [0.2, 0.25) is 0 Å². The van der Waals surface area contributed by atoms with Crippen LogP contribution in [0.5, 0.6) is 0 Å². The van der Waals surface area contributed by atoms with Crippen molar-refractivity contribution in [1.29, 1.82) is 0 Å². The molecule has 11 nitrogen and oxygen atoms in total. The molecule has 0 aliphatic carbocycles. The van der Waals surface area contributed by atoms with Gasteiger partial charge in [0.25, 0.3) is 17.7 Å². The van der Waals surface area contributed by atoms with E-state index >= 15 is 0 Å². The van der Waals surface area contributed by atoms with Gasteiger partial charge in [-0.3, -0.25) is 14.4 Å². The topological polar surface area (TPSA) is 151 Å². The third-order valence-corrected chi connectivity index (χ3v) is 9.79. The van der Waals surface area contributed by atoms with Crippen LogP contribution in [-0.4, -0.2) is 78.0 Å². The van der Waals surface area contributed by atoms with Crippen molar-refractivity contribution in [3.8, 4) is 0 Å². The van der Waals surface area contributed by atoms with Crippen LogP contribution >= 0.6 is 0 Å². The van der Waals surface area contributed by atoms with E-state index in [0.717, 1.165) is 35.3 Å². The van der Waals surface area contributed by atoms with Gasteiger partial charge in [0.1, 0.15) is 0 Å². The van der Waals surface area contributed by atoms with E-state index in [-0.39, 0.29) is 19.4 Å². The molecular weight excluding hydrogens is 648 g/mol. The number of carboxylic acids is 1. The summed E-state index contributed by atoms with van der Waals surface area (Å²) < 4.78 is 0. The lowest BCUT2D eigenvalue weighted by atomic mass is 10.0. The summed E-state index contributed by atoms with van der Waals surface area (Å²) in [6.07, 6.45) is 0.0817. The second-order valence-corrected chi connectivity index (χ2v) is 13.3. The highest BCUT2D eigenvalue weighted by atomic mass is 16.4. The molecule has 4 aliphatic rings. The normalized spacial score (nSPS) is 21.7. The Labute approximate surface area is 296 Å². The summed E-state index contributed by atoms with van der Waals surface area (Å²) in [5.41, 5.74) is 2.79. The minimum Gasteiger partial charge on any atom is -0.479 e. The van der Waals surface area contributed by atoms with Gasteiger partial charge in [-0.1, -0.05) is 109 Å². The Bertz CT molecular complexity index is 1840. The number of nitrogens with zero attached hydrogens (tertiary/aromatic N) is 3. The Kier molecular flexibility index (Phi) is 10.6. The molecule has 2 unspecified atom stereocenters. The maximum absolute atomic E-state index is 12.9. The fourth-order valence-electron chi connectivity index (χ4n) is 6.81. The predicted octanol–water partition coefficient (Wildman–Crippen LogP) is 3.22. The van der Waals surface area contributed by atoms with Crippen LogP contribution in [-0.2, 0) is 58.4 Å². The molecule has 4 aromatic carbocycles. The number of hydrogen-bond acceptors (Lipinski definition) is 7. The van der Waals surface area contributed by atoms with Gasteiger partial charge >= 0.3 is 5.97 Å². The fourth-order valence-corrected chi connectivity index (χ4v) is 6.81. The van der Waals surface area contributed by atoms with Gasteiger partial charge < -0.3 is 35.3 Å². The summed E-state index contributed by atoms with van der Waals surface area (Å²) in [6.45, 7) is 4.39. The molecule has 4 aromatic rings. The maximum Gasteiger partial charge on any atom is 0.345 e. The minimum atomic E-state index is -2.24. The van der Waals surface area contributed by atoms with Crippen molar-refractivity contribution in [3.63, 3.8) is 0 Å². The molecule has 0 bridgehead atoms. The van der Waals surface area contributed by atoms with E-state index in [1.807, 2.05) is 84.9 Å². The highest BCUT2D eigenvalue weighted by Crippen LogP contribution is 2.31. The summed E-state index contributed by atoms with van der Waals surface area (Å²) in [4.78, 5) is 52.7. The first-order valence-corrected chi connectivity index (χ1v) is 17.1. The zero-order valence-corrected chi connectivity index (χ0v) is 28.3. The van der Waals surface area contributed by atoms with Crippen LogP contribution in [0.15, 0.2) is 109 Å². The lowest BCUT2D eigenvalue weighted by Crippen LogP contribution is -2.52. The van der Waals surface area contributed by atoms with Crippen LogP contribution in [0, 0.1) is 0 Å². The third-order valence-electron chi connectivity index (χ3n) is 9.79. The Morgan fingerprint density at radius 1 is 0.588 bits per heavy atom. The van der Waals surface area contributed by atoms with Crippen molar-refractivity contribution in [2.24, 2.45) is 0 Å². The van der Waals surface area contributed by atoms with Crippen molar-refractivity contribution >= 4 is 23.7 Å². The van der Waals surface area contributed by atoms with E-state index in [0.29, 0.717) is 32.7 Å². The molecule has 4 aliphatic heterocycles. The van der Waals surface area contributed by atoms with Crippen LogP contribution in [0.1, 0.15) is 46.2 Å². The number of aliphatic hydroxyl groups is 2. The molecule has 2 atom stereocenters. The Hall–Kier alpha value is -5.36. The Morgan fingerprint density at radius 3 is 1.41 bits per heavy atom. The Balaban J connectivity index is 0.000000148. The first-order valence-electron chi connectivity index (χ1n) is 17.1. The van der Waals surface area contributed by atoms with Gasteiger partial charge in [0, 0.05) is 65.2 Å². The van der Waals surface area contributed by atoms with Gasteiger partial charge in [-0.05, 0) is 33.4 Å². The van der Waals surface area contributed by atoms with Crippen LogP contribution < -0.4 is 5.32 Å². The summed E-state index contributed by atoms with van der Waals surface area (Å²) in [5, 5.41) is 32.6. The molecule has 0 saturated carbocycles. The number of carbonyl (C=O) groups excluding carboxylic acids is 3. The third kappa shape index (κ3) is 7.70. The fraction of sp³-hybridized carbons (Fsp3) is 0.300. The lowest BCUT2D eigenvalue weighted by molar-refractivity contribution is -0.166. The standard InChI is InChI=1S/C20H20N2O3.C12H13NO4.C8H9N/c23-18-20(25,10-11-21(18)12-15-6-2-1-3-7-15)19(24)22-13-16-8-4-5-9-17(16)14-22;14-10-12(17,11(15)16)6-7-13(10)8-9-4-2-1-3-5-9;1-2-4-8-6-9-5-7(8)3-1/h1-9,25H,10-14H2;1-5,17H,6-8H2,(H,15,16);1-4,9H,5-6H2. The largest absolute Gasteiger partial charge is 0.479 e. The van der Waals surface area contributed by atoms with Crippen LogP contribution in [0.4, 0.5) is 0 Å². The van der Waals surface area contributed by atoms with Crippen LogP contribution in [0.3, 0.4) is 0 Å². The molecule has 0 aromatic heterocycles. The predicted molar refractivity (Wildman–Crippen MR) is 188 cm³/mol. The molecule has 11 heteroatoms. The van der Waals surface area contributed by atoms with E-state index in [4.69, 9.17) is 5.11 Å². The molecule has 3 amide bonds. The molecule has 264 valence electrons. The number of fused-ring (bicyclic) bond motifs is 2. The molecule has 51 heavy (non-hydrogen) atoms. The van der Waals surface area contributed by atoms with Gasteiger partial charge in [0.2, 0.25) is 11.2 Å². The molecule has 4 N–H and O–H groups in total. The second kappa shape index (κ2) is 15.3. The van der Waals surface area contributed by atoms with Crippen molar-refractivity contribution in [2.45, 2.75) is 63.3 Å². The smallest absolute Gasteiger partial charge is 0.345 e. The van der Waals surface area contributed by atoms with Gasteiger partial charge in [-0.25, -0.2) is 4.79 Å². The lowest BCUT2D eigenvalue weighted by Gasteiger charge is -2.26. The summed E-state index contributed by atoms with van der Waals surface area (Å²) in [7, 11) is 0. The molecule has 0 radical (unpaired) electrons. The zero-order valence-electron chi connectivity index (χ0n) is 28.3.